The molecule has 0 saturated carbocycles. The zero-order valence-corrected chi connectivity index (χ0v) is 12.6. The van der Waals surface area contributed by atoms with E-state index in [0.717, 1.165) is 11.3 Å². The Labute approximate surface area is 120 Å². The van der Waals surface area contributed by atoms with Crippen LogP contribution in [-0.4, -0.2) is 33.1 Å². The van der Waals surface area contributed by atoms with Crippen LogP contribution in [0.2, 0.25) is 4.34 Å². The van der Waals surface area contributed by atoms with Crippen LogP contribution in [0.4, 0.5) is 0 Å². The highest BCUT2D eigenvalue weighted by atomic mass is 35.5. The van der Waals surface area contributed by atoms with E-state index in [9.17, 15) is 8.42 Å². The van der Waals surface area contributed by atoms with E-state index in [-0.39, 0.29) is 10.1 Å². The second-order valence-electron chi connectivity index (χ2n) is 4.19. The van der Waals surface area contributed by atoms with Crippen molar-refractivity contribution in [2.75, 3.05) is 19.1 Å². The number of hydrogen-bond donors (Lipinski definition) is 1. The van der Waals surface area contributed by atoms with Gasteiger partial charge in [0.2, 0.25) is 0 Å². The Kier molecular flexibility index (Phi) is 4.57. The number of halogens is 2. The van der Waals surface area contributed by atoms with Crippen molar-refractivity contribution < 1.29 is 13.2 Å². The van der Waals surface area contributed by atoms with E-state index in [1.54, 1.807) is 6.07 Å². The Hall–Kier alpha value is 0.150. The van der Waals surface area contributed by atoms with Gasteiger partial charge in [-0.05, 0) is 25.0 Å². The first-order valence-electron chi connectivity index (χ1n) is 5.40. The van der Waals surface area contributed by atoms with Gasteiger partial charge in [-0.3, -0.25) is 0 Å². The minimum atomic E-state index is -3.57. The van der Waals surface area contributed by atoms with Crippen molar-refractivity contribution in [1.29, 1.82) is 0 Å². The molecule has 4 nitrogen and oxygen atoms in total. The number of nitrogens with one attached hydrogen (secondary N) is 1. The fourth-order valence-electron chi connectivity index (χ4n) is 1.80. The Morgan fingerprint density at radius 1 is 1.39 bits per heavy atom. The third-order valence-corrected chi connectivity index (χ3v) is 6.68. The van der Waals surface area contributed by atoms with Crippen molar-refractivity contribution >= 4 is 44.6 Å². The van der Waals surface area contributed by atoms with Crippen LogP contribution in [0, 0.1) is 0 Å². The molecule has 1 fully saturated rings. The molecule has 1 N–H and O–H groups in total. The minimum Gasteiger partial charge on any atom is -0.381 e. The van der Waals surface area contributed by atoms with Gasteiger partial charge < -0.3 is 4.74 Å². The summed E-state index contributed by atoms with van der Waals surface area (Å²) >= 11 is 12.7. The second kappa shape index (κ2) is 5.64. The van der Waals surface area contributed by atoms with E-state index >= 15 is 0 Å². The summed E-state index contributed by atoms with van der Waals surface area (Å²) in [6, 6.07) is 3.06. The van der Waals surface area contributed by atoms with Crippen LogP contribution in [0.25, 0.3) is 0 Å². The van der Waals surface area contributed by atoms with E-state index in [1.165, 1.54) is 6.07 Å². The van der Waals surface area contributed by atoms with E-state index in [0.29, 0.717) is 30.4 Å². The first kappa shape index (κ1) is 14.6. The minimum absolute atomic E-state index is 0.212. The summed E-state index contributed by atoms with van der Waals surface area (Å²) in [5, 5.41) is 0. The van der Waals surface area contributed by atoms with E-state index in [4.69, 9.17) is 27.9 Å². The lowest BCUT2D eigenvalue weighted by Crippen LogP contribution is -2.53. The first-order valence-corrected chi connectivity index (χ1v) is 8.62. The lowest BCUT2D eigenvalue weighted by atomic mass is 9.94. The molecular formula is C10H13Cl2NO3S2. The highest BCUT2D eigenvalue weighted by Crippen LogP contribution is 2.29. The maximum Gasteiger partial charge on any atom is 0.250 e. The van der Waals surface area contributed by atoms with Gasteiger partial charge >= 0.3 is 0 Å². The second-order valence-corrected chi connectivity index (χ2v) is 8.08. The first-order chi connectivity index (χ1) is 8.47. The number of ether oxygens (including phenoxy) is 1. The van der Waals surface area contributed by atoms with Gasteiger partial charge in [0.05, 0.1) is 9.88 Å². The highest BCUT2D eigenvalue weighted by molar-refractivity contribution is 7.91. The zero-order chi connectivity index (χ0) is 13.2. The Balaban J connectivity index is 2.21. The molecule has 0 aromatic carbocycles. The smallest absolute Gasteiger partial charge is 0.250 e. The molecule has 2 rings (SSSR count). The molecule has 18 heavy (non-hydrogen) atoms. The molecule has 0 aliphatic carbocycles. The topological polar surface area (TPSA) is 55.4 Å². The number of alkyl halides is 1. The lowest BCUT2D eigenvalue weighted by molar-refractivity contribution is 0.0549. The van der Waals surface area contributed by atoms with Crippen LogP contribution in [0.1, 0.15) is 12.8 Å². The average Bonchev–Trinajstić information content (AvgIpc) is 2.77. The molecular weight excluding hydrogens is 317 g/mol. The fourth-order valence-corrected chi connectivity index (χ4v) is 5.16. The molecule has 2 heterocycles. The third kappa shape index (κ3) is 3.18. The number of thiophene rings is 1. The molecule has 8 heteroatoms. The standard InChI is InChI=1S/C10H13Cl2NO3S2/c11-7-10(3-5-16-6-4-10)13-18(14,15)9-2-1-8(12)17-9/h1-2,13H,3-7H2. The van der Waals surface area contributed by atoms with Crippen molar-refractivity contribution in [2.45, 2.75) is 22.6 Å². The van der Waals surface area contributed by atoms with Crippen molar-refractivity contribution in [1.82, 2.24) is 4.72 Å². The van der Waals surface area contributed by atoms with Crippen LogP contribution in [0.5, 0.6) is 0 Å². The number of rotatable bonds is 4. The van der Waals surface area contributed by atoms with E-state index in [2.05, 4.69) is 4.72 Å². The van der Waals surface area contributed by atoms with Gasteiger partial charge in [0.15, 0.2) is 0 Å². The monoisotopic (exact) mass is 329 g/mol. The van der Waals surface area contributed by atoms with E-state index in [1.807, 2.05) is 0 Å². The molecule has 1 aromatic heterocycles. The van der Waals surface area contributed by atoms with Crippen molar-refractivity contribution in [3.63, 3.8) is 0 Å². The zero-order valence-electron chi connectivity index (χ0n) is 9.49. The quantitative estimate of drug-likeness (QED) is 0.863. The maximum absolute atomic E-state index is 12.2. The van der Waals surface area contributed by atoms with Gasteiger partial charge in [-0.25, -0.2) is 13.1 Å². The number of sulfonamides is 1. The summed E-state index contributed by atoms with van der Waals surface area (Å²) in [6.07, 6.45) is 1.16. The molecule has 0 radical (unpaired) electrons. The number of hydrogen-bond acceptors (Lipinski definition) is 4. The summed E-state index contributed by atoms with van der Waals surface area (Å²) < 4.78 is 33.0. The van der Waals surface area contributed by atoms with Crippen LogP contribution in [-0.2, 0) is 14.8 Å². The van der Waals surface area contributed by atoms with Gasteiger partial charge in [-0.15, -0.1) is 22.9 Å². The molecule has 102 valence electrons. The van der Waals surface area contributed by atoms with Crippen LogP contribution in [0.15, 0.2) is 16.3 Å². The van der Waals surface area contributed by atoms with Crippen molar-refractivity contribution in [3.8, 4) is 0 Å². The third-order valence-electron chi connectivity index (χ3n) is 2.87. The predicted molar refractivity (Wildman–Crippen MR) is 73.2 cm³/mol. The maximum atomic E-state index is 12.2. The average molecular weight is 330 g/mol. The summed E-state index contributed by atoms with van der Waals surface area (Å²) in [4.78, 5) is 0. The lowest BCUT2D eigenvalue weighted by Gasteiger charge is -2.35. The van der Waals surface area contributed by atoms with Crippen LogP contribution < -0.4 is 4.72 Å². The molecule has 0 unspecified atom stereocenters. The van der Waals surface area contributed by atoms with Crippen molar-refractivity contribution in [2.24, 2.45) is 0 Å². The van der Waals surface area contributed by atoms with Gasteiger partial charge in [-0.1, -0.05) is 11.6 Å². The molecule has 1 aliphatic rings. The molecule has 1 aromatic rings. The Bertz CT molecular complexity index is 509. The van der Waals surface area contributed by atoms with Crippen LogP contribution in [0.3, 0.4) is 0 Å². The van der Waals surface area contributed by atoms with Gasteiger partial charge in [0.25, 0.3) is 10.0 Å². The highest BCUT2D eigenvalue weighted by Gasteiger charge is 2.36. The molecule has 0 spiro atoms. The summed E-state index contributed by atoms with van der Waals surface area (Å²) in [5.41, 5.74) is -0.616. The normalized spacial score (nSPS) is 19.9. The Morgan fingerprint density at radius 3 is 2.56 bits per heavy atom. The molecule has 0 bridgehead atoms. The van der Waals surface area contributed by atoms with Gasteiger partial charge in [-0.2, -0.15) is 0 Å². The summed E-state index contributed by atoms with van der Waals surface area (Å²) in [5.74, 6) is 0.231. The largest absolute Gasteiger partial charge is 0.381 e. The predicted octanol–water partition coefficient (Wildman–Crippen LogP) is 2.47. The molecule has 1 aliphatic heterocycles. The Morgan fingerprint density at radius 2 is 2.06 bits per heavy atom. The van der Waals surface area contributed by atoms with Gasteiger partial charge in [0, 0.05) is 19.1 Å². The molecule has 0 amide bonds. The molecule has 0 atom stereocenters. The summed E-state index contributed by atoms with van der Waals surface area (Å²) in [6.45, 7) is 1.03. The van der Waals surface area contributed by atoms with Crippen LogP contribution >= 0.6 is 34.5 Å². The van der Waals surface area contributed by atoms with Gasteiger partial charge in [0.1, 0.15) is 4.21 Å². The fraction of sp³-hybridized carbons (Fsp3) is 0.600. The van der Waals surface area contributed by atoms with Crippen molar-refractivity contribution in [3.05, 3.63) is 16.5 Å². The molecule has 1 saturated heterocycles. The summed E-state index contributed by atoms with van der Waals surface area (Å²) in [7, 11) is -3.57. The SMILES string of the molecule is O=S(=O)(NC1(CCl)CCOCC1)c1ccc(Cl)s1. The van der Waals surface area contributed by atoms with E-state index < -0.39 is 15.6 Å².